The summed E-state index contributed by atoms with van der Waals surface area (Å²) in [5, 5.41) is 11.4. The summed E-state index contributed by atoms with van der Waals surface area (Å²) >= 11 is 7.55. The largest absolute Gasteiger partial charge is 0.386 e. The monoisotopic (exact) mass is 320 g/mol. The maximum Gasteiger partial charge on any atom is 0.262 e. The molecule has 21 heavy (non-hydrogen) atoms. The molecule has 0 saturated carbocycles. The molecule has 1 N–H and O–H groups in total. The van der Waals surface area contributed by atoms with Gasteiger partial charge in [-0.3, -0.25) is 9.36 Å². The van der Waals surface area contributed by atoms with E-state index in [0.29, 0.717) is 16.0 Å². The smallest absolute Gasteiger partial charge is 0.262 e. The first-order chi connectivity index (χ1) is 10.1. The lowest BCUT2D eigenvalue weighted by Crippen LogP contribution is -2.23. The van der Waals surface area contributed by atoms with Crippen LogP contribution in [0.2, 0.25) is 5.02 Å². The molecule has 3 aromatic rings. The van der Waals surface area contributed by atoms with E-state index in [2.05, 4.69) is 4.98 Å². The van der Waals surface area contributed by atoms with Crippen LogP contribution in [0.3, 0.4) is 0 Å². The van der Waals surface area contributed by atoms with Crippen molar-refractivity contribution < 1.29 is 5.11 Å². The fraction of sp³-hybridized carbons (Fsp3) is 0.200. The Morgan fingerprint density at radius 1 is 1.43 bits per heavy atom. The Morgan fingerprint density at radius 3 is 2.95 bits per heavy atom. The summed E-state index contributed by atoms with van der Waals surface area (Å²) in [7, 11) is 0. The lowest BCUT2D eigenvalue weighted by Gasteiger charge is -2.14. The summed E-state index contributed by atoms with van der Waals surface area (Å²) < 4.78 is 1.42. The first kappa shape index (κ1) is 14.3. The van der Waals surface area contributed by atoms with Crippen LogP contribution < -0.4 is 5.56 Å². The molecule has 6 heteroatoms. The second kappa shape index (κ2) is 5.60. The van der Waals surface area contributed by atoms with E-state index in [1.807, 2.05) is 13.0 Å². The van der Waals surface area contributed by atoms with Crippen LogP contribution in [0.15, 0.2) is 41.5 Å². The number of hydrogen-bond acceptors (Lipinski definition) is 4. The number of aromatic nitrogens is 2. The molecule has 2 aromatic heterocycles. The van der Waals surface area contributed by atoms with E-state index >= 15 is 0 Å². The van der Waals surface area contributed by atoms with Crippen molar-refractivity contribution in [3.63, 3.8) is 0 Å². The van der Waals surface area contributed by atoms with Crippen molar-refractivity contribution in [2.24, 2.45) is 0 Å². The van der Waals surface area contributed by atoms with E-state index in [9.17, 15) is 9.90 Å². The average molecular weight is 321 g/mol. The van der Waals surface area contributed by atoms with Crippen LogP contribution in [0.4, 0.5) is 0 Å². The lowest BCUT2D eigenvalue weighted by atomic mass is 10.1. The van der Waals surface area contributed by atoms with Gasteiger partial charge in [0, 0.05) is 15.5 Å². The van der Waals surface area contributed by atoms with Gasteiger partial charge in [-0.2, -0.15) is 0 Å². The van der Waals surface area contributed by atoms with Gasteiger partial charge in [0.05, 0.1) is 24.4 Å². The first-order valence-electron chi connectivity index (χ1n) is 6.44. The number of benzene rings is 1. The molecule has 3 rings (SSSR count). The molecule has 0 spiro atoms. The van der Waals surface area contributed by atoms with Crippen LogP contribution in [-0.2, 0) is 6.54 Å². The second-order valence-electron chi connectivity index (χ2n) is 4.82. The highest BCUT2D eigenvalue weighted by Crippen LogP contribution is 2.24. The Hall–Kier alpha value is -1.69. The molecule has 0 aliphatic heterocycles. The minimum Gasteiger partial charge on any atom is -0.386 e. The Balaban J connectivity index is 1.97. The SMILES string of the molecule is Cc1cc2c(=O)n(CC(O)c3ccccc3Cl)cnc2s1. The van der Waals surface area contributed by atoms with Crippen LogP contribution in [0, 0.1) is 6.92 Å². The highest BCUT2D eigenvalue weighted by atomic mass is 35.5. The van der Waals surface area contributed by atoms with E-state index in [4.69, 9.17) is 11.6 Å². The molecule has 0 aliphatic carbocycles. The van der Waals surface area contributed by atoms with Crippen LogP contribution in [0.5, 0.6) is 0 Å². The minimum absolute atomic E-state index is 0.125. The van der Waals surface area contributed by atoms with Crippen LogP contribution in [-0.4, -0.2) is 14.7 Å². The summed E-state index contributed by atoms with van der Waals surface area (Å²) in [6.07, 6.45) is 0.621. The predicted molar refractivity (Wildman–Crippen MR) is 85.0 cm³/mol. The van der Waals surface area contributed by atoms with Gasteiger partial charge in [-0.25, -0.2) is 4.98 Å². The third kappa shape index (κ3) is 2.72. The molecule has 0 amide bonds. The number of aliphatic hydroxyl groups is 1. The van der Waals surface area contributed by atoms with Crippen molar-refractivity contribution in [2.45, 2.75) is 19.6 Å². The molecule has 0 saturated heterocycles. The lowest BCUT2D eigenvalue weighted by molar-refractivity contribution is 0.155. The van der Waals surface area contributed by atoms with Crippen LogP contribution in [0.25, 0.3) is 10.2 Å². The standard InChI is InChI=1S/C15H13ClN2O2S/c1-9-6-11-14(21-9)17-8-18(15(11)20)7-13(19)10-4-2-3-5-12(10)16/h2-6,8,13,19H,7H2,1H3. The van der Waals surface area contributed by atoms with Gasteiger partial charge in [0.1, 0.15) is 4.83 Å². The van der Waals surface area contributed by atoms with Crippen molar-refractivity contribution in [2.75, 3.05) is 0 Å². The molecule has 2 heterocycles. The van der Waals surface area contributed by atoms with Crippen molar-refractivity contribution in [3.05, 3.63) is 62.5 Å². The van der Waals surface area contributed by atoms with Crippen molar-refractivity contribution in [1.82, 2.24) is 9.55 Å². The fourth-order valence-electron chi connectivity index (χ4n) is 2.24. The second-order valence-corrected chi connectivity index (χ2v) is 6.46. The number of rotatable bonds is 3. The summed E-state index contributed by atoms with van der Waals surface area (Å²) in [5.41, 5.74) is 0.461. The first-order valence-corrected chi connectivity index (χ1v) is 7.64. The number of halogens is 1. The summed E-state index contributed by atoms with van der Waals surface area (Å²) in [6.45, 7) is 2.06. The molecule has 1 aromatic carbocycles. The normalized spacial score (nSPS) is 12.7. The fourth-order valence-corrected chi connectivity index (χ4v) is 3.34. The number of aryl methyl sites for hydroxylation is 1. The van der Waals surface area contributed by atoms with E-state index in [1.165, 1.54) is 22.2 Å². The van der Waals surface area contributed by atoms with Gasteiger partial charge in [-0.15, -0.1) is 11.3 Å². The van der Waals surface area contributed by atoms with Crippen molar-refractivity contribution in [1.29, 1.82) is 0 Å². The van der Waals surface area contributed by atoms with E-state index in [0.717, 1.165) is 9.71 Å². The molecule has 0 aliphatic rings. The number of hydrogen-bond donors (Lipinski definition) is 1. The van der Waals surface area contributed by atoms with Crippen molar-refractivity contribution in [3.8, 4) is 0 Å². The van der Waals surface area contributed by atoms with Gasteiger partial charge in [0.15, 0.2) is 0 Å². The van der Waals surface area contributed by atoms with Gasteiger partial charge >= 0.3 is 0 Å². The molecule has 0 radical (unpaired) electrons. The average Bonchev–Trinajstić information content (AvgIpc) is 2.84. The number of thiophene rings is 1. The summed E-state index contributed by atoms with van der Waals surface area (Å²) in [6, 6.07) is 8.89. The topological polar surface area (TPSA) is 55.1 Å². The van der Waals surface area contributed by atoms with E-state index in [-0.39, 0.29) is 12.1 Å². The Morgan fingerprint density at radius 2 is 2.19 bits per heavy atom. The van der Waals surface area contributed by atoms with Gasteiger partial charge in [0.25, 0.3) is 5.56 Å². The zero-order chi connectivity index (χ0) is 15.0. The highest BCUT2D eigenvalue weighted by Gasteiger charge is 2.14. The van der Waals surface area contributed by atoms with Crippen LogP contribution in [0.1, 0.15) is 16.5 Å². The van der Waals surface area contributed by atoms with Crippen molar-refractivity contribution >= 4 is 33.2 Å². The maximum atomic E-state index is 12.4. The van der Waals surface area contributed by atoms with E-state index < -0.39 is 6.10 Å². The van der Waals surface area contributed by atoms with Gasteiger partial charge in [-0.05, 0) is 19.1 Å². The quantitative estimate of drug-likeness (QED) is 0.806. The Labute approximate surface area is 130 Å². The predicted octanol–water partition coefficient (Wildman–Crippen LogP) is 3.15. The molecule has 0 fully saturated rings. The Bertz CT molecular complexity index is 856. The third-order valence-corrected chi connectivity index (χ3v) is 4.58. The highest BCUT2D eigenvalue weighted by molar-refractivity contribution is 7.18. The summed E-state index contributed by atoms with van der Waals surface area (Å²) in [4.78, 5) is 18.4. The maximum absolute atomic E-state index is 12.4. The molecule has 1 atom stereocenters. The third-order valence-electron chi connectivity index (χ3n) is 3.28. The molecule has 108 valence electrons. The molecular formula is C15H13ClN2O2S. The van der Waals surface area contributed by atoms with E-state index in [1.54, 1.807) is 24.3 Å². The van der Waals surface area contributed by atoms with Gasteiger partial charge in [-0.1, -0.05) is 29.8 Å². The number of aliphatic hydroxyl groups excluding tert-OH is 1. The summed E-state index contributed by atoms with van der Waals surface area (Å²) in [5.74, 6) is 0. The van der Waals surface area contributed by atoms with Gasteiger partial charge < -0.3 is 5.11 Å². The molecular weight excluding hydrogens is 308 g/mol. The Kier molecular flexibility index (Phi) is 3.80. The molecule has 1 unspecified atom stereocenters. The molecule has 0 bridgehead atoms. The van der Waals surface area contributed by atoms with Crippen LogP contribution >= 0.6 is 22.9 Å². The van der Waals surface area contributed by atoms with Gasteiger partial charge in [0.2, 0.25) is 0 Å². The number of fused-ring (bicyclic) bond motifs is 1. The molecule has 4 nitrogen and oxygen atoms in total. The number of nitrogens with zero attached hydrogens (tertiary/aromatic N) is 2. The minimum atomic E-state index is -0.851. The zero-order valence-electron chi connectivity index (χ0n) is 11.3. The zero-order valence-corrected chi connectivity index (χ0v) is 12.9.